The van der Waals surface area contributed by atoms with Crippen molar-refractivity contribution in [1.82, 2.24) is 0 Å². The Morgan fingerprint density at radius 3 is 2.75 bits per heavy atom. The molecule has 0 radical (unpaired) electrons. The fraction of sp³-hybridized carbons (Fsp3) is 0.571. The molecule has 0 aromatic rings. The fourth-order valence-electron chi connectivity index (χ4n) is 1.19. The maximum absolute atomic E-state index is 3.78. The Labute approximate surface area is 52.5 Å². The Morgan fingerprint density at radius 1 is 1.75 bits per heavy atom. The van der Waals surface area contributed by atoms with Gasteiger partial charge in [0.1, 0.15) is 0 Å². The molecule has 0 aromatic carbocycles. The zero-order valence-corrected chi connectivity index (χ0v) is 6.41. The zero-order valence-electron chi connectivity index (χ0n) is 5.41. The SMILES string of the molecule is C=CC1=[Si](C)CCC1. The highest BCUT2D eigenvalue weighted by atomic mass is 28.2. The van der Waals surface area contributed by atoms with Gasteiger partial charge in [0.05, 0.1) is 0 Å². The molecule has 8 heavy (non-hydrogen) atoms. The molecule has 44 valence electrons. The molecule has 0 atom stereocenters. The molecule has 1 heterocycles. The first kappa shape index (κ1) is 5.95. The molecule has 0 saturated carbocycles. The van der Waals surface area contributed by atoms with Gasteiger partial charge in [0, 0.05) is 8.41 Å². The van der Waals surface area contributed by atoms with E-state index in [-0.39, 0.29) is 8.41 Å². The summed E-state index contributed by atoms with van der Waals surface area (Å²) in [6.07, 6.45) is 4.84. The van der Waals surface area contributed by atoms with E-state index in [0.29, 0.717) is 0 Å². The van der Waals surface area contributed by atoms with E-state index in [1.807, 2.05) is 0 Å². The Bertz CT molecular complexity index is 133. The molecule has 0 aromatic heterocycles. The van der Waals surface area contributed by atoms with Crippen molar-refractivity contribution in [2.75, 3.05) is 0 Å². The van der Waals surface area contributed by atoms with E-state index in [4.69, 9.17) is 0 Å². The third-order valence-corrected chi connectivity index (χ3v) is 4.45. The maximum atomic E-state index is 3.78. The summed E-state index contributed by atoms with van der Waals surface area (Å²) in [6.45, 7) is 6.17. The third-order valence-electron chi connectivity index (χ3n) is 1.79. The van der Waals surface area contributed by atoms with Crippen LogP contribution in [0, 0.1) is 0 Å². The van der Waals surface area contributed by atoms with Gasteiger partial charge in [0.2, 0.25) is 0 Å². The molecule has 0 nitrogen and oxygen atoms in total. The van der Waals surface area contributed by atoms with Crippen LogP contribution in [0.3, 0.4) is 0 Å². The average Bonchev–Trinajstić information content (AvgIpc) is 2.14. The minimum atomic E-state index is -0.0478. The predicted molar refractivity (Wildman–Crippen MR) is 40.9 cm³/mol. The number of rotatable bonds is 1. The molecular formula is C7H12Si. The Balaban J connectivity index is 2.72. The van der Waals surface area contributed by atoms with Gasteiger partial charge in [-0.3, -0.25) is 0 Å². The molecule has 0 N–H and O–H groups in total. The van der Waals surface area contributed by atoms with Crippen LogP contribution in [0.5, 0.6) is 0 Å². The van der Waals surface area contributed by atoms with E-state index in [9.17, 15) is 0 Å². The van der Waals surface area contributed by atoms with Crippen LogP contribution in [-0.2, 0) is 0 Å². The highest BCUT2D eigenvalue weighted by Gasteiger charge is 2.06. The molecule has 0 bridgehead atoms. The van der Waals surface area contributed by atoms with Gasteiger partial charge in [-0.25, -0.2) is 0 Å². The van der Waals surface area contributed by atoms with Gasteiger partial charge in [-0.1, -0.05) is 24.4 Å². The molecule has 0 saturated heterocycles. The molecule has 0 unspecified atom stereocenters. The summed E-state index contributed by atoms with van der Waals surface area (Å²) in [5, 5.41) is 1.66. The van der Waals surface area contributed by atoms with Crippen LogP contribution >= 0.6 is 0 Å². The average molecular weight is 124 g/mol. The van der Waals surface area contributed by atoms with E-state index in [1.54, 1.807) is 5.17 Å². The van der Waals surface area contributed by atoms with Gasteiger partial charge in [-0.15, -0.1) is 0 Å². The lowest BCUT2D eigenvalue weighted by molar-refractivity contribution is 1.02. The highest BCUT2D eigenvalue weighted by molar-refractivity contribution is 6.73. The van der Waals surface area contributed by atoms with Gasteiger partial charge >= 0.3 is 0 Å². The number of hydrogen-bond donors (Lipinski definition) is 0. The van der Waals surface area contributed by atoms with Gasteiger partial charge < -0.3 is 0 Å². The summed E-state index contributed by atoms with van der Waals surface area (Å²) in [5.74, 6) is 0. The van der Waals surface area contributed by atoms with Crippen LogP contribution in [0.2, 0.25) is 12.6 Å². The van der Waals surface area contributed by atoms with E-state index in [0.717, 1.165) is 0 Å². The molecule has 0 spiro atoms. The lowest BCUT2D eigenvalue weighted by Gasteiger charge is -1.89. The summed E-state index contributed by atoms with van der Waals surface area (Å²) in [4.78, 5) is 0. The molecule has 0 amide bonds. The van der Waals surface area contributed by atoms with Crippen LogP contribution in [0.1, 0.15) is 12.8 Å². The van der Waals surface area contributed by atoms with Crippen molar-refractivity contribution >= 4 is 13.6 Å². The van der Waals surface area contributed by atoms with Crippen LogP contribution in [0.4, 0.5) is 0 Å². The predicted octanol–water partition coefficient (Wildman–Crippen LogP) is 1.84. The molecule has 1 heteroatoms. The van der Waals surface area contributed by atoms with Crippen molar-refractivity contribution in [3.8, 4) is 0 Å². The van der Waals surface area contributed by atoms with Crippen molar-refractivity contribution < 1.29 is 0 Å². The summed E-state index contributed by atoms with van der Waals surface area (Å²) in [5.41, 5.74) is 0. The van der Waals surface area contributed by atoms with Crippen LogP contribution < -0.4 is 0 Å². The molecule has 1 aliphatic heterocycles. The Kier molecular flexibility index (Phi) is 1.79. The minimum absolute atomic E-state index is 0.0478. The quantitative estimate of drug-likeness (QED) is 0.468. The second-order valence-electron chi connectivity index (χ2n) is 2.36. The second kappa shape index (κ2) is 2.40. The lowest BCUT2D eigenvalue weighted by Crippen LogP contribution is -1.99. The second-order valence-corrected chi connectivity index (χ2v) is 5.07. The van der Waals surface area contributed by atoms with Crippen molar-refractivity contribution in [3.05, 3.63) is 12.7 Å². The van der Waals surface area contributed by atoms with E-state index >= 15 is 0 Å². The molecule has 0 aliphatic carbocycles. The smallest absolute Gasteiger partial charge is 0.0107 e. The van der Waals surface area contributed by atoms with Crippen molar-refractivity contribution in [2.45, 2.75) is 25.4 Å². The zero-order chi connectivity index (χ0) is 5.98. The van der Waals surface area contributed by atoms with Gasteiger partial charge in [-0.2, -0.15) is 0 Å². The lowest BCUT2D eigenvalue weighted by atomic mass is 10.3. The Hall–Kier alpha value is -0.173. The summed E-state index contributed by atoms with van der Waals surface area (Å²) in [7, 11) is -0.0478. The van der Waals surface area contributed by atoms with E-state index < -0.39 is 0 Å². The van der Waals surface area contributed by atoms with E-state index in [2.05, 4.69) is 19.2 Å². The van der Waals surface area contributed by atoms with Gasteiger partial charge in [0.15, 0.2) is 0 Å². The van der Waals surface area contributed by atoms with E-state index in [1.165, 1.54) is 18.9 Å². The fourth-order valence-corrected chi connectivity index (χ4v) is 3.17. The largest absolute Gasteiger partial charge is 0.0992 e. The van der Waals surface area contributed by atoms with Gasteiger partial charge in [0.25, 0.3) is 0 Å². The normalized spacial score (nSPS) is 19.6. The third kappa shape index (κ3) is 0.971. The molecule has 1 rings (SSSR count). The minimum Gasteiger partial charge on any atom is -0.0992 e. The highest BCUT2D eigenvalue weighted by Crippen LogP contribution is 2.09. The van der Waals surface area contributed by atoms with Crippen molar-refractivity contribution in [2.24, 2.45) is 0 Å². The van der Waals surface area contributed by atoms with Crippen molar-refractivity contribution in [3.63, 3.8) is 0 Å². The Morgan fingerprint density at radius 2 is 2.50 bits per heavy atom. The van der Waals surface area contributed by atoms with Crippen LogP contribution in [0.15, 0.2) is 12.7 Å². The summed E-state index contributed by atoms with van der Waals surface area (Å²) in [6, 6.07) is 1.48. The monoisotopic (exact) mass is 124 g/mol. The first-order chi connectivity index (χ1) is 3.84. The molecular weight excluding hydrogens is 112 g/mol. The summed E-state index contributed by atoms with van der Waals surface area (Å²) >= 11 is 0. The van der Waals surface area contributed by atoms with Crippen LogP contribution in [-0.4, -0.2) is 13.6 Å². The van der Waals surface area contributed by atoms with Gasteiger partial charge in [-0.05, 0) is 18.9 Å². The number of hydrogen-bond acceptors (Lipinski definition) is 0. The first-order valence-electron chi connectivity index (χ1n) is 3.15. The number of allylic oxidation sites excluding steroid dienone is 1. The first-order valence-corrected chi connectivity index (χ1v) is 5.36. The van der Waals surface area contributed by atoms with Crippen LogP contribution in [0.25, 0.3) is 0 Å². The standard InChI is InChI=1S/C7H12Si/c1-3-7-5-4-6-8(7)2/h3H,1,4-6H2,2H3. The maximum Gasteiger partial charge on any atom is 0.0107 e. The van der Waals surface area contributed by atoms with Crippen molar-refractivity contribution in [1.29, 1.82) is 0 Å². The molecule has 1 aliphatic rings. The summed E-state index contributed by atoms with van der Waals surface area (Å²) < 4.78 is 0. The topological polar surface area (TPSA) is 0 Å². The molecule has 0 fully saturated rings.